The molecule has 0 fully saturated rings. The second kappa shape index (κ2) is 8.53. The second-order valence-electron chi connectivity index (χ2n) is 8.51. The number of nitro groups is 1. The van der Waals surface area contributed by atoms with Crippen molar-refractivity contribution in [3.8, 4) is 0 Å². The van der Waals surface area contributed by atoms with Crippen molar-refractivity contribution in [3.05, 3.63) is 122 Å². The van der Waals surface area contributed by atoms with E-state index in [4.69, 9.17) is 0 Å². The van der Waals surface area contributed by atoms with Crippen LogP contribution in [0.4, 0.5) is 28.4 Å². The first-order valence-corrected chi connectivity index (χ1v) is 11.0. The highest BCUT2D eigenvalue weighted by Crippen LogP contribution is 2.39. The third kappa shape index (κ3) is 3.93. The van der Waals surface area contributed by atoms with Crippen molar-refractivity contribution in [1.29, 1.82) is 0 Å². The van der Waals surface area contributed by atoms with Crippen LogP contribution in [0.15, 0.2) is 78.9 Å². The van der Waals surface area contributed by atoms with E-state index in [2.05, 4.69) is 10.6 Å². The Morgan fingerprint density at radius 1 is 0.657 bits per heavy atom. The zero-order chi connectivity index (χ0) is 24.7. The van der Waals surface area contributed by atoms with Crippen molar-refractivity contribution < 1.29 is 14.5 Å². The molecule has 172 valence electrons. The maximum Gasteiger partial charge on any atom is 0.292 e. The molecular weight excluding hydrogens is 442 g/mol. The maximum atomic E-state index is 13.6. The predicted molar refractivity (Wildman–Crippen MR) is 135 cm³/mol. The van der Waals surface area contributed by atoms with Gasteiger partial charge in [-0.2, -0.15) is 0 Å². The Labute approximate surface area is 201 Å². The van der Waals surface area contributed by atoms with Crippen molar-refractivity contribution in [3.63, 3.8) is 0 Å². The average Bonchev–Trinajstić information content (AvgIpc) is 2.85. The Hall–Kier alpha value is -4.78. The monoisotopic (exact) mass is 463 g/mol. The normalized spacial score (nSPS) is 12.1. The number of rotatable bonds is 5. The van der Waals surface area contributed by atoms with Gasteiger partial charge >= 0.3 is 0 Å². The number of hydrogen-bond acceptors (Lipinski definition) is 6. The summed E-state index contributed by atoms with van der Waals surface area (Å²) < 4.78 is 0. The number of anilines is 4. The maximum absolute atomic E-state index is 13.6. The number of carbonyl (C=O) groups is 2. The molecular formula is C28H21N3O4. The highest BCUT2D eigenvalue weighted by Gasteiger charge is 2.34. The van der Waals surface area contributed by atoms with Gasteiger partial charge in [0.15, 0.2) is 11.6 Å². The SMILES string of the molecule is Cc1ccc(Nc2ccc(Nc3ccc(C)cc3[N+](=O)[O-])c3c2C(=O)c2ccccc2C3=O)cc1. The van der Waals surface area contributed by atoms with Crippen LogP contribution < -0.4 is 10.6 Å². The summed E-state index contributed by atoms with van der Waals surface area (Å²) in [6, 6.07) is 22.6. The molecule has 0 unspecified atom stereocenters. The third-order valence-electron chi connectivity index (χ3n) is 6.03. The number of nitrogens with one attached hydrogen (secondary N) is 2. The summed E-state index contributed by atoms with van der Waals surface area (Å²) in [7, 11) is 0. The smallest absolute Gasteiger partial charge is 0.292 e. The van der Waals surface area contributed by atoms with Crippen molar-refractivity contribution in [2.75, 3.05) is 10.6 Å². The molecule has 2 N–H and O–H groups in total. The van der Waals surface area contributed by atoms with E-state index in [0.717, 1.165) is 16.8 Å². The fourth-order valence-electron chi connectivity index (χ4n) is 4.27. The molecule has 4 aromatic carbocycles. The molecule has 35 heavy (non-hydrogen) atoms. The number of ketones is 2. The topological polar surface area (TPSA) is 101 Å². The van der Waals surface area contributed by atoms with Gasteiger partial charge < -0.3 is 10.6 Å². The summed E-state index contributed by atoms with van der Waals surface area (Å²) >= 11 is 0. The molecule has 1 aliphatic rings. The van der Waals surface area contributed by atoms with Gasteiger partial charge in [0.25, 0.3) is 5.69 Å². The van der Waals surface area contributed by atoms with Gasteiger partial charge in [-0.3, -0.25) is 19.7 Å². The van der Waals surface area contributed by atoms with Crippen LogP contribution in [0.3, 0.4) is 0 Å². The summed E-state index contributed by atoms with van der Waals surface area (Å²) in [5, 5.41) is 18.0. The number of nitro benzene ring substituents is 1. The molecule has 0 amide bonds. The van der Waals surface area contributed by atoms with Gasteiger partial charge in [-0.25, -0.2) is 0 Å². The van der Waals surface area contributed by atoms with E-state index in [1.165, 1.54) is 6.07 Å². The minimum Gasteiger partial charge on any atom is -0.355 e. The fraction of sp³-hybridized carbons (Fsp3) is 0.0714. The van der Waals surface area contributed by atoms with Gasteiger partial charge in [-0.15, -0.1) is 0 Å². The van der Waals surface area contributed by atoms with Gasteiger partial charge in [0.1, 0.15) is 5.69 Å². The molecule has 7 nitrogen and oxygen atoms in total. The second-order valence-corrected chi connectivity index (χ2v) is 8.51. The first-order valence-electron chi connectivity index (χ1n) is 11.0. The molecule has 0 bridgehead atoms. The molecule has 1 aliphatic carbocycles. The molecule has 0 radical (unpaired) electrons. The van der Waals surface area contributed by atoms with Crippen molar-refractivity contribution in [1.82, 2.24) is 0 Å². The minimum atomic E-state index is -0.475. The fourth-order valence-corrected chi connectivity index (χ4v) is 4.27. The standard InChI is InChI=1S/C28H21N3O4/c1-16-7-10-18(11-8-16)29-22-13-14-23(30-21-12-9-17(2)15-24(21)31(34)35)26-25(22)27(32)19-5-3-4-6-20(19)28(26)33/h3-15,29-30H,1-2H3. The van der Waals surface area contributed by atoms with E-state index in [-0.39, 0.29) is 34.1 Å². The zero-order valence-electron chi connectivity index (χ0n) is 19.1. The lowest BCUT2D eigenvalue weighted by atomic mass is 9.82. The van der Waals surface area contributed by atoms with Crippen molar-refractivity contribution in [2.45, 2.75) is 13.8 Å². The first-order chi connectivity index (χ1) is 16.8. The number of fused-ring (bicyclic) bond motifs is 2. The van der Waals surface area contributed by atoms with E-state index in [9.17, 15) is 19.7 Å². The van der Waals surface area contributed by atoms with Gasteiger partial charge in [0.05, 0.1) is 27.4 Å². The molecule has 0 aliphatic heterocycles. The Morgan fingerprint density at radius 2 is 1.17 bits per heavy atom. The molecule has 0 saturated heterocycles. The number of hydrogen-bond donors (Lipinski definition) is 2. The molecule has 0 atom stereocenters. The molecule has 0 heterocycles. The predicted octanol–water partition coefficient (Wildman–Crippen LogP) is 6.47. The summed E-state index contributed by atoms with van der Waals surface area (Å²) in [5.74, 6) is -0.605. The lowest BCUT2D eigenvalue weighted by Crippen LogP contribution is -2.23. The van der Waals surface area contributed by atoms with Crippen LogP contribution in [-0.4, -0.2) is 16.5 Å². The molecule has 0 spiro atoms. The van der Waals surface area contributed by atoms with Crippen LogP contribution in [0.5, 0.6) is 0 Å². The van der Waals surface area contributed by atoms with Crippen molar-refractivity contribution in [2.24, 2.45) is 0 Å². The van der Waals surface area contributed by atoms with Crippen LogP contribution >= 0.6 is 0 Å². The first kappa shape index (κ1) is 22.0. The Morgan fingerprint density at radius 3 is 1.74 bits per heavy atom. The van der Waals surface area contributed by atoms with Gasteiger partial charge in [-0.05, 0) is 49.7 Å². The van der Waals surface area contributed by atoms with E-state index in [1.807, 2.05) is 31.2 Å². The minimum absolute atomic E-state index is 0.115. The van der Waals surface area contributed by atoms with Crippen LogP contribution in [0, 0.1) is 24.0 Å². The largest absolute Gasteiger partial charge is 0.355 e. The highest BCUT2D eigenvalue weighted by molar-refractivity contribution is 6.32. The number of aryl methyl sites for hydroxylation is 2. The molecule has 7 heteroatoms. The lowest BCUT2D eigenvalue weighted by molar-refractivity contribution is -0.384. The highest BCUT2D eigenvalue weighted by atomic mass is 16.6. The van der Waals surface area contributed by atoms with E-state index in [1.54, 1.807) is 55.5 Å². The Balaban J connectivity index is 1.68. The van der Waals surface area contributed by atoms with Gasteiger partial charge in [0.2, 0.25) is 0 Å². The number of nitrogens with zero attached hydrogens (tertiary/aromatic N) is 1. The van der Waals surface area contributed by atoms with Crippen LogP contribution in [-0.2, 0) is 0 Å². The number of carbonyl (C=O) groups excluding carboxylic acids is 2. The molecule has 0 saturated carbocycles. The Kier molecular flexibility index (Phi) is 5.37. The zero-order valence-corrected chi connectivity index (χ0v) is 19.1. The lowest BCUT2D eigenvalue weighted by Gasteiger charge is -2.24. The average molecular weight is 463 g/mol. The quantitative estimate of drug-likeness (QED) is 0.229. The Bertz CT molecular complexity index is 1520. The van der Waals surface area contributed by atoms with E-state index >= 15 is 0 Å². The van der Waals surface area contributed by atoms with Gasteiger partial charge in [0, 0.05) is 22.9 Å². The number of benzene rings is 4. The van der Waals surface area contributed by atoms with Crippen LogP contribution in [0.1, 0.15) is 43.0 Å². The summed E-state index contributed by atoms with van der Waals surface area (Å²) in [4.78, 5) is 38.4. The van der Waals surface area contributed by atoms with Gasteiger partial charge in [-0.1, -0.05) is 48.0 Å². The summed E-state index contributed by atoms with van der Waals surface area (Å²) in [6.45, 7) is 3.75. The van der Waals surface area contributed by atoms with Crippen molar-refractivity contribution >= 4 is 40.0 Å². The van der Waals surface area contributed by atoms with E-state index < -0.39 is 4.92 Å². The van der Waals surface area contributed by atoms with Crippen LogP contribution in [0.2, 0.25) is 0 Å². The van der Waals surface area contributed by atoms with E-state index in [0.29, 0.717) is 22.5 Å². The molecule has 0 aromatic heterocycles. The summed E-state index contributed by atoms with van der Waals surface area (Å²) in [6.07, 6.45) is 0. The molecule has 4 aromatic rings. The van der Waals surface area contributed by atoms with Crippen LogP contribution in [0.25, 0.3) is 0 Å². The molecule has 5 rings (SSSR count). The third-order valence-corrected chi connectivity index (χ3v) is 6.03. The summed E-state index contributed by atoms with van der Waals surface area (Å²) in [5.41, 5.74) is 4.58.